The van der Waals surface area contributed by atoms with E-state index in [0.29, 0.717) is 43.6 Å². The Morgan fingerprint density at radius 2 is 1.84 bits per heavy atom. The zero-order chi connectivity index (χ0) is 21.3. The first-order valence-corrected chi connectivity index (χ1v) is 11.3. The highest BCUT2D eigenvalue weighted by Crippen LogP contribution is 2.44. The molecule has 2 saturated heterocycles. The summed E-state index contributed by atoms with van der Waals surface area (Å²) in [6.07, 6.45) is 7.48. The van der Waals surface area contributed by atoms with Gasteiger partial charge >= 0.3 is 0 Å². The summed E-state index contributed by atoms with van der Waals surface area (Å²) in [5.74, 6) is 1.52. The third-order valence-corrected chi connectivity index (χ3v) is 7.03. The minimum Gasteiger partial charge on any atom is -0.355 e. The van der Waals surface area contributed by atoms with Crippen LogP contribution in [0.3, 0.4) is 0 Å². The molecule has 2 atom stereocenters. The average molecular weight is 420 g/mol. The number of nitrogens with one attached hydrogen (secondary N) is 1. The Kier molecular flexibility index (Phi) is 5.34. The number of amides is 2. The molecule has 7 heteroatoms. The minimum absolute atomic E-state index is 0.0456. The van der Waals surface area contributed by atoms with Crippen molar-refractivity contribution in [2.45, 2.75) is 25.7 Å². The van der Waals surface area contributed by atoms with E-state index < -0.39 is 5.41 Å². The third kappa shape index (κ3) is 4.01. The van der Waals surface area contributed by atoms with E-state index in [4.69, 9.17) is 0 Å². The molecule has 5 rings (SSSR count). The Hall–Kier alpha value is -2.96. The first-order valence-electron chi connectivity index (χ1n) is 11.3. The van der Waals surface area contributed by atoms with Gasteiger partial charge in [0.1, 0.15) is 0 Å². The number of likely N-dealkylation sites (tertiary alicyclic amines) is 1. The van der Waals surface area contributed by atoms with Gasteiger partial charge in [-0.05, 0) is 49.8 Å². The molecule has 0 spiro atoms. The SMILES string of the molecule is O=C(c1ccccc1)N1CCC[C@]2(C(=O)NCC3CC3)CN(c3ncccn3)C[C@@H]2C1. The molecule has 1 aromatic carbocycles. The molecule has 31 heavy (non-hydrogen) atoms. The summed E-state index contributed by atoms with van der Waals surface area (Å²) in [6.45, 7) is 3.31. The predicted molar refractivity (Wildman–Crippen MR) is 117 cm³/mol. The Balaban J connectivity index is 1.40. The Morgan fingerprint density at radius 1 is 1.06 bits per heavy atom. The van der Waals surface area contributed by atoms with Gasteiger partial charge in [-0.3, -0.25) is 9.59 Å². The number of carbonyl (C=O) groups is 2. The van der Waals surface area contributed by atoms with Crippen molar-refractivity contribution in [3.8, 4) is 0 Å². The smallest absolute Gasteiger partial charge is 0.253 e. The van der Waals surface area contributed by atoms with Crippen LogP contribution in [0.15, 0.2) is 48.8 Å². The van der Waals surface area contributed by atoms with Crippen molar-refractivity contribution in [3.05, 3.63) is 54.4 Å². The number of fused-ring (bicyclic) bond motifs is 1. The first kappa shape index (κ1) is 20.0. The Labute approximate surface area is 182 Å². The molecule has 3 fully saturated rings. The van der Waals surface area contributed by atoms with Gasteiger partial charge in [-0.2, -0.15) is 0 Å². The van der Waals surface area contributed by atoms with Gasteiger partial charge in [-0.15, -0.1) is 0 Å². The van der Waals surface area contributed by atoms with Crippen molar-refractivity contribution in [1.82, 2.24) is 20.2 Å². The van der Waals surface area contributed by atoms with Gasteiger partial charge in [-0.1, -0.05) is 18.2 Å². The summed E-state index contributed by atoms with van der Waals surface area (Å²) in [4.78, 5) is 39.6. The quantitative estimate of drug-likeness (QED) is 0.805. The van der Waals surface area contributed by atoms with Crippen LogP contribution in [0.5, 0.6) is 0 Å². The van der Waals surface area contributed by atoms with Gasteiger partial charge in [0, 0.05) is 56.6 Å². The lowest BCUT2D eigenvalue weighted by atomic mass is 9.74. The fourth-order valence-corrected chi connectivity index (χ4v) is 5.09. The van der Waals surface area contributed by atoms with Gasteiger partial charge in [0.15, 0.2) is 0 Å². The van der Waals surface area contributed by atoms with Crippen LogP contribution in [0.2, 0.25) is 0 Å². The minimum atomic E-state index is -0.514. The van der Waals surface area contributed by atoms with Gasteiger partial charge in [0.25, 0.3) is 5.91 Å². The zero-order valence-electron chi connectivity index (χ0n) is 17.7. The van der Waals surface area contributed by atoms with Crippen LogP contribution in [0.25, 0.3) is 0 Å². The summed E-state index contributed by atoms with van der Waals surface area (Å²) in [7, 11) is 0. The van der Waals surface area contributed by atoms with Gasteiger partial charge in [-0.25, -0.2) is 9.97 Å². The number of aromatic nitrogens is 2. The first-order chi connectivity index (χ1) is 15.2. The molecule has 3 aliphatic rings. The lowest BCUT2D eigenvalue weighted by Gasteiger charge is -2.32. The van der Waals surface area contributed by atoms with Crippen LogP contribution >= 0.6 is 0 Å². The number of hydrogen-bond donors (Lipinski definition) is 1. The highest BCUT2D eigenvalue weighted by Gasteiger charge is 2.54. The summed E-state index contributed by atoms with van der Waals surface area (Å²) in [5.41, 5.74) is 0.189. The highest BCUT2D eigenvalue weighted by molar-refractivity contribution is 5.94. The van der Waals surface area contributed by atoms with Crippen LogP contribution in [0.4, 0.5) is 5.95 Å². The van der Waals surface area contributed by atoms with Crippen LogP contribution < -0.4 is 10.2 Å². The van der Waals surface area contributed by atoms with Crippen molar-refractivity contribution in [2.75, 3.05) is 37.6 Å². The van der Waals surface area contributed by atoms with Crippen LogP contribution in [-0.4, -0.2) is 59.4 Å². The van der Waals surface area contributed by atoms with Crippen molar-refractivity contribution in [3.63, 3.8) is 0 Å². The fourth-order valence-electron chi connectivity index (χ4n) is 5.09. The second kappa shape index (κ2) is 8.29. The van der Waals surface area contributed by atoms with Crippen molar-refractivity contribution >= 4 is 17.8 Å². The Bertz CT molecular complexity index is 934. The Morgan fingerprint density at radius 3 is 2.58 bits per heavy atom. The predicted octanol–water partition coefficient (Wildman–Crippen LogP) is 2.36. The van der Waals surface area contributed by atoms with Crippen LogP contribution in [0, 0.1) is 17.3 Å². The summed E-state index contributed by atoms with van der Waals surface area (Å²) < 4.78 is 0. The summed E-state index contributed by atoms with van der Waals surface area (Å²) in [6, 6.07) is 11.2. The molecule has 2 amide bonds. The van der Waals surface area contributed by atoms with E-state index in [9.17, 15) is 9.59 Å². The average Bonchev–Trinajstić information content (AvgIpc) is 3.61. The lowest BCUT2D eigenvalue weighted by Crippen LogP contribution is -2.48. The van der Waals surface area contributed by atoms with Gasteiger partial charge in [0.2, 0.25) is 11.9 Å². The van der Waals surface area contributed by atoms with E-state index >= 15 is 0 Å². The second-order valence-electron chi connectivity index (χ2n) is 9.16. The maximum atomic E-state index is 13.5. The van der Waals surface area contributed by atoms with E-state index in [0.717, 1.165) is 19.4 Å². The van der Waals surface area contributed by atoms with Crippen LogP contribution in [0.1, 0.15) is 36.0 Å². The van der Waals surface area contributed by atoms with Crippen molar-refractivity contribution < 1.29 is 9.59 Å². The van der Waals surface area contributed by atoms with E-state index in [1.807, 2.05) is 35.2 Å². The molecular weight excluding hydrogens is 390 g/mol. The number of anilines is 1. The standard InChI is InChI=1S/C24H29N5O2/c30-21(19-6-2-1-3-7-19)28-13-4-10-24(22(31)27-14-18-8-9-18)17-29(16-20(24)15-28)23-25-11-5-12-26-23/h1-3,5-7,11-12,18,20H,4,8-10,13-17H2,(H,27,31)/t20-,24-/m0/s1. The molecule has 1 N–H and O–H groups in total. The lowest BCUT2D eigenvalue weighted by molar-refractivity contribution is -0.132. The van der Waals surface area contributed by atoms with E-state index in [2.05, 4.69) is 20.2 Å². The monoisotopic (exact) mass is 419 g/mol. The molecule has 1 aliphatic carbocycles. The molecule has 162 valence electrons. The topological polar surface area (TPSA) is 78.4 Å². The fraction of sp³-hybridized carbons (Fsp3) is 0.500. The van der Waals surface area contributed by atoms with E-state index in [1.54, 1.807) is 18.5 Å². The maximum Gasteiger partial charge on any atom is 0.253 e. The molecule has 7 nitrogen and oxygen atoms in total. The molecule has 1 saturated carbocycles. The second-order valence-corrected chi connectivity index (χ2v) is 9.16. The number of rotatable bonds is 5. The van der Waals surface area contributed by atoms with E-state index in [-0.39, 0.29) is 17.7 Å². The largest absolute Gasteiger partial charge is 0.355 e. The van der Waals surface area contributed by atoms with Crippen molar-refractivity contribution in [1.29, 1.82) is 0 Å². The maximum absolute atomic E-state index is 13.5. The van der Waals surface area contributed by atoms with Gasteiger partial charge in [0.05, 0.1) is 5.41 Å². The molecule has 0 bridgehead atoms. The molecule has 2 aliphatic heterocycles. The highest BCUT2D eigenvalue weighted by atomic mass is 16.2. The molecule has 1 aromatic heterocycles. The summed E-state index contributed by atoms with van der Waals surface area (Å²) in [5, 5.41) is 3.24. The number of benzene rings is 1. The molecular formula is C24H29N5O2. The zero-order valence-corrected chi connectivity index (χ0v) is 17.7. The number of carbonyl (C=O) groups excluding carboxylic acids is 2. The van der Waals surface area contributed by atoms with Crippen LogP contribution in [-0.2, 0) is 4.79 Å². The van der Waals surface area contributed by atoms with Crippen molar-refractivity contribution in [2.24, 2.45) is 17.3 Å². The van der Waals surface area contributed by atoms with E-state index in [1.165, 1.54) is 12.8 Å². The number of nitrogens with zero attached hydrogens (tertiary/aromatic N) is 4. The molecule has 3 heterocycles. The molecule has 0 unspecified atom stereocenters. The third-order valence-electron chi connectivity index (χ3n) is 7.03. The van der Waals surface area contributed by atoms with Gasteiger partial charge < -0.3 is 15.1 Å². The normalized spacial score (nSPS) is 25.6. The molecule has 0 radical (unpaired) electrons. The number of hydrogen-bond acceptors (Lipinski definition) is 5. The molecule has 2 aromatic rings. The summed E-state index contributed by atoms with van der Waals surface area (Å²) >= 11 is 0.